The highest BCUT2D eigenvalue weighted by Gasteiger charge is 2.57. The van der Waals surface area contributed by atoms with Crippen LogP contribution in [-0.4, -0.2) is 39.1 Å². The van der Waals surface area contributed by atoms with Crippen molar-refractivity contribution in [2.24, 2.45) is 86.8 Å². The molecule has 0 spiro atoms. The van der Waals surface area contributed by atoms with Gasteiger partial charge in [0.1, 0.15) is 0 Å². The van der Waals surface area contributed by atoms with E-state index in [2.05, 4.69) is 15.6 Å². The highest BCUT2D eigenvalue weighted by molar-refractivity contribution is 5.99. The van der Waals surface area contributed by atoms with E-state index < -0.39 is 0 Å². The van der Waals surface area contributed by atoms with Crippen LogP contribution in [0, 0.1) is 71.0 Å². The van der Waals surface area contributed by atoms with Crippen molar-refractivity contribution in [3.8, 4) is 0 Å². The Labute approximate surface area is 290 Å². The Balaban J connectivity index is 0.952. The fourth-order valence-corrected chi connectivity index (χ4v) is 18.2. The highest BCUT2D eigenvalue weighted by atomic mass is 15.6. The average Bonchev–Trinajstić information content (AvgIpc) is 2.97. The first-order chi connectivity index (χ1) is 23.2. The van der Waals surface area contributed by atoms with Crippen LogP contribution >= 0.6 is 0 Å². The Morgan fingerprint density at radius 3 is 0.812 bits per heavy atom. The van der Waals surface area contributed by atoms with E-state index in [9.17, 15) is 0 Å². The number of hydrogen-bond donors (Lipinski definition) is 3. The normalized spacial score (nSPS) is 57.9. The van der Waals surface area contributed by atoms with E-state index in [0.29, 0.717) is 0 Å². The molecule has 16 bridgehead atoms. The second-order valence-corrected chi connectivity index (χ2v) is 22.2. The van der Waals surface area contributed by atoms with Crippen LogP contribution in [0.25, 0.3) is 0 Å². The number of guanidine groups is 2. The van der Waals surface area contributed by atoms with Crippen LogP contribution in [0.5, 0.6) is 0 Å². The number of nitrogens with zero attached hydrogens (tertiary/aromatic N) is 3. The summed E-state index contributed by atoms with van der Waals surface area (Å²) >= 11 is 0. The van der Waals surface area contributed by atoms with E-state index in [-0.39, 0.29) is 22.2 Å². The molecule has 16 aliphatic carbocycles. The van der Waals surface area contributed by atoms with Crippen molar-refractivity contribution >= 4 is 11.9 Å². The second kappa shape index (κ2) is 9.97. The number of aliphatic imine (C=N–C) groups is 2. The minimum absolute atomic E-state index is 0.0868. The summed E-state index contributed by atoms with van der Waals surface area (Å²) in [6, 6.07) is 0. The summed E-state index contributed by atoms with van der Waals surface area (Å²) in [6.45, 7) is 0. The predicted octanol–water partition coefficient (Wildman–Crippen LogP) is 7.93. The largest absolute Gasteiger partial charge is 0.349 e. The van der Waals surface area contributed by atoms with Crippen molar-refractivity contribution in [1.82, 2.24) is 15.6 Å². The van der Waals surface area contributed by atoms with Crippen molar-refractivity contribution in [3.63, 3.8) is 0 Å². The van der Waals surface area contributed by atoms with Gasteiger partial charge in [-0.1, -0.05) is 0 Å². The van der Waals surface area contributed by atoms with Crippen LogP contribution in [0.2, 0.25) is 0 Å². The SMILES string of the molecule is NN(C(=NC12CC3CC(CC(C3)C1)C2)NC12CC3CC(CC(C3)C1)C2)C(=NC12CC3CC(CC(C3)C1)C2)NC12CC3CC(CC(C3)C1)C2. The van der Waals surface area contributed by atoms with Crippen LogP contribution in [0.15, 0.2) is 9.98 Å². The molecule has 0 atom stereocenters. The zero-order chi connectivity index (χ0) is 31.5. The van der Waals surface area contributed by atoms with Gasteiger partial charge in [-0.2, -0.15) is 0 Å². The number of nitrogens with one attached hydrogen (secondary N) is 2. The van der Waals surface area contributed by atoms with Crippen LogP contribution in [-0.2, 0) is 0 Å². The predicted molar refractivity (Wildman–Crippen MR) is 191 cm³/mol. The van der Waals surface area contributed by atoms with Crippen molar-refractivity contribution in [3.05, 3.63) is 0 Å². The summed E-state index contributed by atoms with van der Waals surface area (Å²) < 4.78 is 0. The van der Waals surface area contributed by atoms with Gasteiger partial charge in [-0.15, -0.1) is 0 Å². The molecule has 0 aliphatic heterocycles. The molecule has 48 heavy (non-hydrogen) atoms. The van der Waals surface area contributed by atoms with Gasteiger partial charge in [-0.05, 0) is 225 Å². The molecule has 4 N–H and O–H groups in total. The summed E-state index contributed by atoms with van der Waals surface area (Å²) in [4.78, 5) is 12.1. The fraction of sp³-hybridized carbons (Fsp3) is 0.952. The fourth-order valence-electron chi connectivity index (χ4n) is 18.2. The lowest BCUT2D eigenvalue weighted by atomic mass is 9.53. The van der Waals surface area contributed by atoms with Crippen LogP contribution in [0.3, 0.4) is 0 Å². The lowest BCUT2D eigenvalue weighted by Gasteiger charge is -2.59. The first kappa shape index (κ1) is 29.3. The lowest BCUT2D eigenvalue weighted by Crippen LogP contribution is -2.68. The number of rotatable bonds is 4. The van der Waals surface area contributed by atoms with Crippen LogP contribution < -0.4 is 16.5 Å². The third kappa shape index (κ3) is 4.70. The van der Waals surface area contributed by atoms with Gasteiger partial charge in [-0.3, -0.25) is 0 Å². The third-order valence-electron chi connectivity index (χ3n) is 18.0. The molecule has 0 radical (unpaired) electrons. The molecule has 0 aromatic carbocycles. The molecule has 16 rings (SSSR count). The quantitative estimate of drug-likeness (QED) is 0.125. The third-order valence-corrected chi connectivity index (χ3v) is 18.0. The summed E-state index contributed by atoms with van der Waals surface area (Å²) in [7, 11) is 0. The minimum Gasteiger partial charge on any atom is -0.349 e. The minimum atomic E-state index is 0.0868. The maximum atomic E-state index is 7.73. The molecular weight excluding hydrogens is 589 g/mol. The van der Waals surface area contributed by atoms with Crippen molar-refractivity contribution in [1.29, 1.82) is 0 Å². The Morgan fingerprint density at radius 2 is 0.583 bits per heavy atom. The Kier molecular flexibility index (Phi) is 6.09. The van der Waals surface area contributed by atoms with E-state index in [1.165, 1.54) is 154 Å². The van der Waals surface area contributed by atoms with Gasteiger partial charge in [0, 0.05) is 11.1 Å². The van der Waals surface area contributed by atoms with Crippen LogP contribution in [0.4, 0.5) is 0 Å². The first-order valence-corrected chi connectivity index (χ1v) is 21.5. The Hall–Kier alpha value is -1.30. The Bertz CT molecular complexity index is 1160. The molecule has 0 unspecified atom stereocenters. The van der Waals surface area contributed by atoms with E-state index in [1.54, 1.807) is 0 Å². The molecule has 0 saturated heterocycles. The molecule has 0 heterocycles. The maximum absolute atomic E-state index is 7.73. The zero-order valence-corrected chi connectivity index (χ0v) is 29.8. The number of nitrogens with two attached hydrogens (primary N) is 1. The second-order valence-electron chi connectivity index (χ2n) is 22.2. The molecule has 0 aromatic rings. The molecule has 0 aromatic heterocycles. The van der Waals surface area contributed by atoms with Gasteiger partial charge in [0.15, 0.2) is 0 Å². The van der Waals surface area contributed by atoms with Gasteiger partial charge >= 0.3 is 0 Å². The molecular formula is C42H64N6. The lowest BCUT2D eigenvalue weighted by molar-refractivity contribution is -0.0151. The molecule has 16 aliphatic rings. The molecule has 6 heteroatoms. The summed E-state index contributed by atoms with van der Waals surface area (Å²) in [6.07, 6.45) is 33.4. The molecule has 16 saturated carbocycles. The van der Waals surface area contributed by atoms with Crippen LogP contribution in [0.1, 0.15) is 154 Å². The maximum Gasteiger partial charge on any atom is 0.216 e. The number of hydrazine groups is 1. The van der Waals surface area contributed by atoms with Gasteiger partial charge in [0.25, 0.3) is 0 Å². The van der Waals surface area contributed by atoms with Crippen molar-refractivity contribution in [2.45, 2.75) is 176 Å². The van der Waals surface area contributed by atoms with E-state index in [4.69, 9.17) is 15.8 Å². The molecule has 6 nitrogen and oxygen atoms in total. The summed E-state index contributed by atoms with van der Waals surface area (Å²) in [5.41, 5.74) is 0.535. The van der Waals surface area contributed by atoms with Gasteiger partial charge in [-0.25, -0.2) is 20.8 Å². The van der Waals surface area contributed by atoms with E-state index in [0.717, 1.165) is 82.9 Å². The Morgan fingerprint density at radius 1 is 0.375 bits per heavy atom. The zero-order valence-electron chi connectivity index (χ0n) is 29.8. The van der Waals surface area contributed by atoms with Crippen molar-refractivity contribution in [2.75, 3.05) is 0 Å². The van der Waals surface area contributed by atoms with E-state index in [1.807, 2.05) is 0 Å². The first-order valence-electron chi connectivity index (χ1n) is 21.5. The average molecular weight is 653 g/mol. The van der Waals surface area contributed by atoms with Gasteiger partial charge in [0.2, 0.25) is 11.9 Å². The highest BCUT2D eigenvalue weighted by Crippen LogP contribution is 2.60. The topological polar surface area (TPSA) is 78.0 Å². The molecule has 262 valence electrons. The van der Waals surface area contributed by atoms with Gasteiger partial charge in [0.05, 0.1) is 11.1 Å². The summed E-state index contributed by atoms with van der Waals surface area (Å²) in [5.74, 6) is 20.5. The number of hydrogen-bond acceptors (Lipinski definition) is 3. The monoisotopic (exact) mass is 653 g/mol. The smallest absolute Gasteiger partial charge is 0.216 e. The standard InChI is InChI=1S/C42H64N6/c43-48(37(44-39-13-25-1-26(14-39)3-27(2-25)15-39)45-40-16-28-4-29(17-40)6-30(5-28)18-40)38(46-41-19-31-7-32(20-41)9-33(8-31)21-41)47-42-22-34-10-35(23-42)12-36(11-34)24-42/h25-36H,1-24,43H2,(H,44,45)(H,46,47). The molecule has 16 fully saturated rings. The summed E-state index contributed by atoms with van der Waals surface area (Å²) in [5, 5.41) is 10.8. The van der Waals surface area contributed by atoms with E-state index >= 15 is 0 Å². The van der Waals surface area contributed by atoms with Gasteiger partial charge < -0.3 is 10.6 Å². The van der Waals surface area contributed by atoms with Crippen molar-refractivity contribution < 1.29 is 0 Å². The molecule has 0 amide bonds.